The van der Waals surface area contributed by atoms with Crippen LogP contribution in [0.3, 0.4) is 0 Å². The predicted molar refractivity (Wildman–Crippen MR) is 144 cm³/mol. The van der Waals surface area contributed by atoms with Crippen molar-refractivity contribution in [3.05, 3.63) is 0 Å². The van der Waals surface area contributed by atoms with Gasteiger partial charge >= 0.3 is 0 Å². The van der Waals surface area contributed by atoms with Crippen LogP contribution in [0.4, 0.5) is 0 Å². The number of amides is 2. The maximum absolute atomic E-state index is 12.6. The first-order valence-electron chi connectivity index (χ1n) is 14.4. The number of ketones is 1. The molecule has 0 bridgehead atoms. The highest BCUT2D eigenvalue weighted by Gasteiger charge is 2.45. The first kappa shape index (κ1) is 36.7. The molecule has 1 saturated carbocycles. The van der Waals surface area contributed by atoms with Gasteiger partial charge in [-0.05, 0) is 44.4 Å². The molecular weight excluding hydrogens is 579 g/mol. The van der Waals surface area contributed by atoms with Gasteiger partial charge in [0.25, 0.3) is 7.82 Å². The molecule has 2 fully saturated rings. The minimum absolute atomic E-state index is 0.0378. The van der Waals surface area contributed by atoms with Crippen LogP contribution in [0.5, 0.6) is 0 Å². The molecule has 244 valence electrons. The van der Waals surface area contributed by atoms with Crippen molar-refractivity contribution in [1.29, 1.82) is 0 Å². The summed E-state index contributed by atoms with van der Waals surface area (Å²) in [5, 5.41) is 44.9. The number of aliphatic hydroxyl groups excluding tert-OH is 4. The van der Waals surface area contributed by atoms with Crippen molar-refractivity contribution < 1.29 is 62.8 Å². The van der Waals surface area contributed by atoms with Crippen molar-refractivity contribution in [3.63, 3.8) is 0 Å². The van der Waals surface area contributed by atoms with Gasteiger partial charge < -0.3 is 54.5 Å². The van der Waals surface area contributed by atoms with Crippen LogP contribution >= 0.6 is 7.82 Å². The largest absolute Gasteiger partial charge is 0.756 e. The van der Waals surface area contributed by atoms with Crippen LogP contribution in [0.25, 0.3) is 0 Å². The molecule has 0 spiro atoms. The van der Waals surface area contributed by atoms with Crippen molar-refractivity contribution in [2.75, 3.05) is 33.5 Å². The van der Waals surface area contributed by atoms with Gasteiger partial charge in [-0.15, -0.1) is 0 Å². The molecule has 9 atom stereocenters. The van der Waals surface area contributed by atoms with E-state index in [-0.39, 0.29) is 43.7 Å². The summed E-state index contributed by atoms with van der Waals surface area (Å²) in [6.07, 6.45) is -1.46. The van der Waals surface area contributed by atoms with Gasteiger partial charge in [-0.3, -0.25) is 18.9 Å². The van der Waals surface area contributed by atoms with Crippen LogP contribution in [0.2, 0.25) is 0 Å². The lowest BCUT2D eigenvalue weighted by atomic mass is 9.90. The molecule has 0 aromatic carbocycles. The summed E-state index contributed by atoms with van der Waals surface area (Å²) in [5.74, 6) is -1.47. The first-order chi connectivity index (χ1) is 19.9. The van der Waals surface area contributed by atoms with Gasteiger partial charge in [0, 0.05) is 45.9 Å². The number of carbonyl (C=O) groups excluding carboxylic acids is 3. The Bertz CT molecular complexity index is 909. The number of Topliss-reactive ketones (excluding diaryl/α,β-unsaturated/α-hetero) is 1. The fourth-order valence-corrected chi connectivity index (χ4v) is 5.70. The highest BCUT2D eigenvalue weighted by molar-refractivity contribution is 7.45. The van der Waals surface area contributed by atoms with Crippen molar-refractivity contribution in [1.82, 2.24) is 10.6 Å². The number of aliphatic hydroxyl groups is 4. The van der Waals surface area contributed by atoms with E-state index < -0.39 is 63.0 Å². The minimum atomic E-state index is -4.40. The number of phosphoric ester groups is 1. The zero-order valence-electron chi connectivity index (χ0n) is 24.2. The normalized spacial score (nSPS) is 30.9. The zero-order chi connectivity index (χ0) is 31.3. The van der Waals surface area contributed by atoms with E-state index >= 15 is 0 Å². The second-order valence-corrected chi connectivity index (χ2v) is 12.3. The van der Waals surface area contributed by atoms with E-state index in [1.54, 1.807) is 0 Å². The molecule has 7 unspecified atom stereocenters. The molecule has 2 amide bonds. The molecule has 1 heterocycles. The van der Waals surface area contributed by atoms with Gasteiger partial charge in [-0.2, -0.15) is 0 Å². The fraction of sp³-hybridized carbons (Fsp3) is 0.885. The summed E-state index contributed by atoms with van der Waals surface area (Å²) < 4.78 is 31.6. The van der Waals surface area contributed by atoms with E-state index in [1.165, 1.54) is 6.92 Å². The second kappa shape index (κ2) is 18.3. The van der Waals surface area contributed by atoms with Gasteiger partial charge in [0.05, 0.1) is 19.3 Å². The summed E-state index contributed by atoms with van der Waals surface area (Å²) in [4.78, 5) is 47.7. The third-order valence-electron chi connectivity index (χ3n) is 7.51. The Hall–Kier alpha value is -1.52. The number of nitrogens with one attached hydrogen (secondary N) is 2. The smallest absolute Gasteiger partial charge is 0.267 e. The van der Waals surface area contributed by atoms with E-state index in [0.29, 0.717) is 51.5 Å². The Morgan fingerprint density at radius 2 is 1.74 bits per heavy atom. The predicted octanol–water partition coefficient (Wildman–Crippen LogP) is -1.12. The molecule has 1 aliphatic heterocycles. The second-order valence-electron chi connectivity index (χ2n) is 10.8. The number of unbranched alkanes of at least 4 members (excludes halogenated alkanes) is 3. The van der Waals surface area contributed by atoms with Gasteiger partial charge in [0.15, 0.2) is 6.29 Å². The highest BCUT2D eigenvalue weighted by atomic mass is 31.2. The van der Waals surface area contributed by atoms with E-state index in [1.807, 2.05) is 0 Å². The van der Waals surface area contributed by atoms with Gasteiger partial charge in [0.2, 0.25) is 11.8 Å². The molecule has 1 saturated heterocycles. The van der Waals surface area contributed by atoms with Gasteiger partial charge in [-0.25, -0.2) is 0 Å². The topological polar surface area (TPSA) is 233 Å². The Kier molecular flexibility index (Phi) is 16.0. The van der Waals surface area contributed by atoms with Crippen LogP contribution in [-0.2, 0) is 37.5 Å². The average molecular weight is 626 g/mol. The number of ether oxygens (including phenoxy) is 2. The lowest BCUT2D eigenvalue weighted by Crippen LogP contribution is -2.64. The SMILES string of the molecule is COP(=O)([O-])OC[C@@H]1C[C@@H](O)CC1C(=O)CCCCCNC(=O)CCCCOC1OC(CO)C(O)C(O)C1NC(C)=O. The Balaban J connectivity index is 1.57. The van der Waals surface area contributed by atoms with E-state index in [2.05, 4.69) is 15.2 Å². The maximum Gasteiger partial charge on any atom is 0.267 e. The van der Waals surface area contributed by atoms with Crippen molar-refractivity contribution in [2.24, 2.45) is 11.8 Å². The molecule has 2 aliphatic rings. The molecule has 2 rings (SSSR count). The average Bonchev–Trinajstić information content (AvgIpc) is 3.33. The third kappa shape index (κ3) is 12.2. The molecular formula is C26H46N2O13P-. The van der Waals surface area contributed by atoms with Crippen molar-refractivity contribution >= 4 is 25.4 Å². The zero-order valence-corrected chi connectivity index (χ0v) is 25.1. The van der Waals surface area contributed by atoms with Crippen molar-refractivity contribution in [2.45, 2.75) is 101 Å². The van der Waals surface area contributed by atoms with Crippen LogP contribution in [-0.4, -0.2) is 108 Å². The molecule has 1 aliphatic carbocycles. The molecule has 6 N–H and O–H groups in total. The quantitative estimate of drug-likeness (QED) is 0.0738. The highest BCUT2D eigenvalue weighted by Crippen LogP contribution is 2.41. The number of hydrogen-bond acceptors (Lipinski definition) is 13. The number of hydrogen-bond donors (Lipinski definition) is 6. The van der Waals surface area contributed by atoms with Crippen LogP contribution in [0.1, 0.15) is 64.7 Å². The molecule has 0 aromatic rings. The minimum Gasteiger partial charge on any atom is -0.756 e. The van der Waals surface area contributed by atoms with Crippen molar-refractivity contribution in [3.8, 4) is 0 Å². The molecule has 15 nitrogen and oxygen atoms in total. The summed E-state index contributed by atoms with van der Waals surface area (Å²) in [5.41, 5.74) is 0. The Morgan fingerprint density at radius 1 is 1.02 bits per heavy atom. The Labute approximate surface area is 245 Å². The maximum atomic E-state index is 12.6. The summed E-state index contributed by atoms with van der Waals surface area (Å²) in [6.45, 7) is 1.13. The summed E-state index contributed by atoms with van der Waals surface area (Å²) in [7, 11) is -3.41. The monoisotopic (exact) mass is 625 g/mol. The lowest BCUT2D eigenvalue weighted by molar-refractivity contribution is -0.270. The van der Waals surface area contributed by atoms with Crippen LogP contribution in [0, 0.1) is 11.8 Å². The van der Waals surface area contributed by atoms with E-state index in [9.17, 15) is 44.3 Å². The first-order valence-corrected chi connectivity index (χ1v) is 15.8. The number of carbonyl (C=O) groups is 3. The van der Waals surface area contributed by atoms with Gasteiger partial charge in [-0.1, -0.05) is 6.42 Å². The molecule has 0 radical (unpaired) electrons. The summed E-state index contributed by atoms with van der Waals surface area (Å²) in [6, 6.07) is -1.01. The fourth-order valence-electron chi connectivity index (χ4n) is 5.22. The van der Waals surface area contributed by atoms with Crippen LogP contribution < -0.4 is 15.5 Å². The third-order valence-corrected chi connectivity index (χ3v) is 8.42. The number of phosphoric acid groups is 1. The lowest BCUT2D eigenvalue weighted by Gasteiger charge is -2.42. The number of rotatable bonds is 19. The van der Waals surface area contributed by atoms with E-state index in [4.69, 9.17) is 14.0 Å². The standard InChI is InChI=1S/C26H47N2O13P/c1-16(30)28-23-25(35)24(34)21(14-29)41-26(23)39-11-7-5-9-22(33)27-10-6-3-4-8-20(32)19-13-18(31)12-17(19)15-40-42(36,37)38-2/h17-19,21,23-26,29,31,34-35H,3-15H2,1-2H3,(H,27,33)(H,28,30)(H,36,37)/p-1/t17-,18+,19?,21?,23?,24?,25?,26?/m0/s1. The molecule has 0 aromatic heterocycles. The van der Waals surface area contributed by atoms with E-state index in [0.717, 1.165) is 7.11 Å². The molecule has 42 heavy (non-hydrogen) atoms. The Morgan fingerprint density at radius 3 is 2.40 bits per heavy atom. The summed E-state index contributed by atoms with van der Waals surface area (Å²) >= 11 is 0. The molecule has 16 heteroatoms. The van der Waals surface area contributed by atoms with Crippen LogP contribution in [0.15, 0.2) is 0 Å². The van der Waals surface area contributed by atoms with Gasteiger partial charge in [0.1, 0.15) is 30.1 Å².